The molecule has 4 fully saturated rings. The smallest absolute Gasteiger partial charge is 0.137 e. The van der Waals surface area contributed by atoms with Gasteiger partial charge in [0.15, 0.2) is 0 Å². The van der Waals surface area contributed by atoms with Gasteiger partial charge in [0.05, 0.1) is 0 Å². The summed E-state index contributed by atoms with van der Waals surface area (Å²) in [6.45, 7) is 9.74. The van der Waals surface area contributed by atoms with Crippen LogP contribution in [-0.2, 0) is 16.2 Å². The first-order valence-corrected chi connectivity index (χ1v) is 19.3. The molecule has 0 atom stereocenters. The predicted octanol–water partition coefficient (Wildman–Crippen LogP) is 13.1. The van der Waals surface area contributed by atoms with Crippen LogP contribution in [-0.4, -0.2) is 0 Å². The Hall–Kier alpha value is -4.30. The fourth-order valence-electron chi connectivity index (χ4n) is 12.3. The van der Waals surface area contributed by atoms with Crippen LogP contribution >= 0.6 is 0 Å². The molecule has 0 saturated heterocycles. The number of rotatable bonds is 3. The van der Waals surface area contributed by atoms with E-state index in [1.165, 1.54) is 89.3 Å². The highest BCUT2D eigenvalue weighted by Gasteiger charge is 2.61. The molecule has 0 N–H and O–H groups in total. The van der Waals surface area contributed by atoms with E-state index in [-0.39, 0.29) is 16.2 Å². The Bertz CT molecular complexity index is 2340. The average molecular weight is 654 g/mol. The summed E-state index contributed by atoms with van der Waals surface area (Å²) < 4.78 is 6.51. The Balaban J connectivity index is 1.14. The molecule has 250 valence electrons. The van der Waals surface area contributed by atoms with E-state index >= 15 is 0 Å². The fourth-order valence-corrected chi connectivity index (χ4v) is 12.3. The van der Waals surface area contributed by atoms with E-state index in [0.29, 0.717) is 0 Å². The molecule has 0 unspecified atom stereocenters. The number of anilines is 3. The van der Waals surface area contributed by atoms with E-state index < -0.39 is 0 Å². The lowest BCUT2D eigenvalue weighted by molar-refractivity contribution is -0.0399. The number of nitrogens with zero attached hydrogens (tertiary/aromatic N) is 1. The molecule has 6 aliphatic rings. The number of para-hydroxylation sites is 1. The van der Waals surface area contributed by atoms with Gasteiger partial charge < -0.3 is 9.32 Å². The number of hydrogen-bond acceptors (Lipinski definition) is 2. The average Bonchev–Trinajstić information content (AvgIpc) is 3.62. The normalized spacial score (nSPS) is 27.8. The zero-order chi connectivity index (χ0) is 33.6. The summed E-state index contributed by atoms with van der Waals surface area (Å²) in [5.41, 5.74) is 15.1. The first-order valence-electron chi connectivity index (χ1n) is 19.3. The lowest BCUT2D eigenvalue weighted by Gasteiger charge is -2.61. The summed E-state index contributed by atoms with van der Waals surface area (Å²) in [5.74, 6) is 3.34. The van der Waals surface area contributed by atoms with Gasteiger partial charge in [0, 0.05) is 39.3 Å². The van der Waals surface area contributed by atoms with Crippen molar-refractivity contribution in [1.82, 2.24) is 0 Å². The van der Waals surface area contributed by atoms with Crippen LogP contribution in [0.1, 0.15) is 94.9 Å². The summed E-state index contributed by atoms with van der Waals surface area (Å²) in [7, 11) is 0. The highest BCUT2D eigenvalue weighted by Crippen LogP contribution is 2.69. The largest absolute Gasteiger partial charge is 0.456 e. The van der Waals surface area contributed by atoms with Crippen molar-refractivity contribution in [3.63, 3.8) is 0 Å². The van der Waals surface area contributed by atoms with Gasteiger partial charge in [0.25, 0.3) is 0 Å². The van der Waals surface area contributed by atoms with Gasteiger partial charge in [-0.15, -0.1) is 0 Å². The molecule has 0 aliphatic heterocycles. The van der Waals surface area contributed by atoms with Crippen LogP contribution < -0.4 is 4.90 Å². The van der Waals surface area contributed by atoms with Gasteiger partial charge in [-0.25, -0.2) is 0 Å². The quantitative estimate of drug-likeness (QED) is 0.189. The molecule has 2 heteroatoms. The monoisotopic (exact) mass is 653 g/mol. The lowest BCUT2D eigenvalue weighted by atomic mass is 9.43. The van der Waals surface area contributed by atoms with Crippen LogP contribution in [0, 0.1) is 23.7 Å². The van der Waals surface area contributed by atoms with Gasteiger partial charge >= 0.3 is 0 Å². The Kier molecular flexibility index (Phi) is 5.85. The van der Waals surface area contributed by atoms with Gasteiger partial charge in [0.1, 0.15) is 11.2 Å². The standard InChI is InChI=1S/C48H47NO/c1-46(2)19-20-47(3,4)43-27-34(15-18-41(43)46)49(35-14-17-39-38-10-6-8-12-44(38)50-45(39)28-35)33-13-16-37-36-9-5-7-11-40(36)48(42(37)26-33)31-22-29-21-30(24-31)25-32(48)23-29/h5-18,26-32H,19-25H2,1-4H3. The highest BCUT2D eigenvalue weighted by atomic mass is 16.3. The van der Waals surface area contributed by atoms with Crippen LogP contribution in [0.25, 0.3) is 33.1 Å². The molecule has 12 rings (SSSR count). The zero-order valence-corrected chi connectivity index (χ0v) is 29.9. The maximum atomic E-state index is 6.51. The molecule has 6 aliphatic carbocycles. The van der Waals surface area contributed by atoms with Crippen LogP contribution in [0.5, 0.6) is 0 Å². The summed E-state index contributed by atoms with van der Waals surface area (Å²) in [5, 5.41) is 2.35. The first kappa shape index (κ1) is 29.4. The SMILES string of the molecule is CC1(C)CCC(C)(C)c2cc(N(c3ccc4c(c3)C3(c5ccccc5-4)C4CC5CC(C4)CC3C5)c3ccc4c(c3)oc3ccccc34)ccc21. The molecule has 0 amide bonds. The van der Waals surface area contributed by atoms with E-state index in [2.05, 4.69) is 136 Å². The third-order valence-electron chi connectivity index (χ3n) is 14.5. The molecule has 4 bridgehead atoms. The van der Waals surface area contributed by atoms with Crippen LogP contribution in [0.2, 0.25) is 0 Å². The topological polar surface area (TPSA) is 16.4 Å². The zero-order valence-electron chi connectivity index (χ0n) is 29.9. The fraction of sp³-hybridized carbons (Fsp3) is 0.375. The van der Waals surface area contributed by atoms with E-state index in [1.807, 2.05) is 0 Å². The van der Waals surface area contributed by atoms with Gasteiger partial charge in [-0.1, -0.05) is 82.3 Å². The minimum atomic E-state index is 0.124. The molecule has 50 heavy (non-hydrogen) atoms. The Labute approximate surface area is 296 Å². The van der Waals surface area contributed by atoms with Crippen molar-refractivity contribution in [3.05, 3.63) is 125 Å². The molecular weight excluding hydrogens is 607 g/mol. The predicted molar refractivity (Wildman–Crippen MR) is 207 cm³/mol. The minimum Gasteiger partial charge on any atom is -0.456 e. The molecular formula is C48H47NO. The van der Waals surface area contributed by atoms with E-state index in [1.54, 1.807) is 11.1 Å². The van der Waals surface area contributed by atoms with E-state index in [9.17, 15) is 0 Å². The molecule has 0 radical (unpaired) electrons. The number of fused-ring (bicyclic) bond motifs is 7. The summed E-state index contributed by atoms with van der Waals surface area (Å²) in [6, 6.07) is 39.7. The molecule has 2 nitrogen and oxygen atoms in total. The molecule has 1 spiro atoms. The third kappa shape index (κ3) is 3.86. The van der Waals surface area contributed by atoms with Crippen molar-refractivity contribution < 1.29 is 4.42 Å². The highest BCUT2D eigenvalue weighted by molar-refractivity contribution is 6.06. The third-order valence-corrected chi connectivity index (χ3v) is 14.5. The second-order valence-corrected chi connectivity index (χ2v) is 18.1. The molecule has 4 saturated carbocycles. The Morgan fingerprint density at radius 3 is 1.86 bits per heavy atom. The number of furan rings is 1. The van der Waals surface area contributed by atoms with Crippen molar-refractivity contribution in [3.8, 4) is 11.1 Å². The van der Waals surface area contributed by atoms with Crippen LogP contribution in [0.4, 0.5) is 17.1 Å². The van der Waals surface area contributed by atoms with Crippen molar-refractivity contribution in [2.45, 2.75) is 88.9 Å². The molecule has 1 heterocycles. The van der Waals surface area contributed by atoms with Crippen molar-refractivity contribution in [2.75, 3.05) is 4.90 Å². The van der Waals surface area contributed by atoms with E-state index in [4.69, 9.17) is 4.42 Å². The van der Waals surface area contributed by atoms with Crippen LogP contribution in [0.3, 0.4) is 0 Å². The number of benzene rings is 5. The molecule has 5 aromatic carbocycles. The summed E-state index contributed by atoms with van der Waals surface area (Å²) in [6.07, 6.45) is 9.48. The van der Waals surface area contributed by atoms with Gasteiger partial charge in [-0.05, 0) is 155 Å². The Morgan fingerprint density at radius 1 is 0.500 bits per heavy atom. The van der Waals surface area contributed by atoms with Gasteiger partial charge in [-0.3, -0.25) is 0 Å². The van der Waals surface area contributed by atoms with Gasteiger partial charge in [0.2, 0.25) is 0 Å². The van der Waals surface area contributed by atoms with Crippen molar-refractivity contribution in [1.29, 1.82) is 0 Å². The maximum absolute atomic E-state index is 6.51. The summed E-state index contributed by atoms with van der Waals surface area (Å²) in [4.78, 5) is 2.54. The van der Waals surface area contributed by atoms with Crippen LogP contribution in [0.15, 0.2) is 108 Å². The molecule has 6 aromatic rings. The second-order valence-electron chi connectivity index (χ2n) is 18.1. The second kappa shape index (κ2) is 9.93. The van der Waals surface area contributed by atoms with Crippen molar-refractivity contribution >= 4 is 39.0 Å². The molecule has 1 aromatic heterocycles. The first-order chi connectivity index (χ1) is 24.2. The lowest BCUT2D eigenvalue weighted by Crippen LogP contribution is -2.55. The maximum Gasteiger partial charge on any atom is 0.137 e. The van der Waals surface area contributed by atoms with Crippen molar-refractivity contribution in [2.24, 2.45) is 23.7 Å². The van der Waals surface area contributed by atoms with Gasteiger partial charge in [-0.2, -0.15) is 0 Å². The summed E-state index contributed by atoms with van der Waals surface area (Å²) >= 11 is 0. The van der Waals surface area contributed by atoms with E-state index in [0.717, 1.165) is 40.5 Å². The minimum absolute atomic E-state index is 0.124. The Morgan fingerprint density at radius 2 is 1.08 bits per heavy atom. The number of hydrogen-bond donors (Lipinski definition) is 0.